The van der Waals surface area contributed by atoms with Crippen LogP contribution in [-0.2, 0) is 6.42 Å². The van der Waals surface area contributed by atoms with Crippen molar-refractivity contribution in [1.29, 1.82) is 0 Å². The highest BCUT2D eigenvalue weighted by atomic mass is 19.1. The van der Waals surface area contributed by atoms with Gasteiger partial charge in [0.2, 0.25) is 0 Å². The van der Waals surface area contributed by atoms with Crippen LogP contribution in [0.3, 0.4) is 0 Å². The second kappa shape index (κ2) is 4.03. The van der Waals surface area contributed by atoms with Gasteiger partial charge in [0.25, 0.3) is 0 Å². The highest BCUT2D eigenvalue weighted by Gasteiger charge is 2.05. The van der Waals surface area contributed by atoms with Gasteiger partial charge in [0.1, 0.15) is 5.82 Å². The first kappa shape index (κ1) is 10.2. The molecule has 0 radical (unpaired) electrons. The number of aromatic amines is 1. The van der Waals surface area contributed by atoms with E-state index >= 15 is 0 Å². The molecule has 2 N–H and O–H groups in total. The van der Waals surface area contributed by atoms with Crippen molar-refractivity contribution in [2.45, 2.75) is 25.9 Å². The van der Waals surface area contributed by atoms with Gasteiger partial charge in [-0.3, -0.25) is 0 Å². The van der Waals surface area contributed by atoms with Crippen molar-refractivity contribution in [3.05, 3.63) is 35.8 Å². The second-order valence-corrected chi connectivity index (χ2v) is 3.89. The van der Waals surface area contributed by atoms with Crippen molar-refractivity contribution in [3.63, 3.8) is 0 Å². The molecule has 1 heterocycles. The highest BCUT2D eigenvalue weighted by Crippen LogP contribution is 2.20. The number of hydrogen-bond acceptors (Lipinski definition) is 1. The van der Waals surface area contributed by atoms with Crippen molar-refractivity contribution in [1.82, 2.24) is 4.98 Å². The van der Waals surface area contributed by atoms with E-state index in [1.165, 1.54) is 12.1 Å². The number of rotatable bonds is 3. The maximum atomic E-state index is 13.0. The summed E-state index contributed by atoms with van der Waals surface area (Å²) in [7, 11) is 0. The fourth-order valence-corrected chi connectivity index (χ4v) is 1.72. The Balaban J connectivity index is 2.31. The maximum absolute atomic E-state index is 13.0. The van der Waals surface area contributed by atoms with Crippen molar-refractivity contribution in [3.8, 4) is 0 Å². The monoisotopic (exact) mass is 207 g/mol. The zero-order valence-electron chi connectivity index (χ0n) is 8.63. The van der Waals surface area contributed by atoms with E-state index in [2.05, 4.69) is 4.98 Å². The summed E-state index contributed by atoms with van der Waals surface area (Å²) in [6, 6.07) is 4.71. The summed E-state index contributed by atoms with van der Waals surface area (Å²) in [6.07, 6.45) is 3.03. The normalized spacial score (nSPS) is 13.3. The van der Waals surface area contributed by atoms with Gasteiger partial charge in [0.05, 0.1) is 6.10 Å². The molecule has 80 valence electrons. The quantitative estimate of drug-likeness (QED) is 0.797. The minimum absolute atomic E-state index is 0.222. The minimum atomic E-state index is -0.316. The molecule has 0 aliphatic carbocycles. The third-order valence-corrected chi connectivity index (χ3v) is 2.56. The third-order valence-electron chi connectivity index (χ3n) is 2.56. The molecule has 0 fully saturated rings. The fourth-order valence-electron chi connectivity index (χ4n) is 1.72. The molecule has 0 spiro atoms. The van der Waals surface area contributed by atoms with E-state index < -0.39 is 0 Å². The number of aliphatic hydroxyl groups is 1. The first-order valence-electron chi connectivity index (χ1n) is 5.10. The summed E-state index contributed by atoms with van der Waals surface area (Å²) in [5.74, 6) is -0.222. The lowest BCUT2D eigenvalue weighted by Gasteiger charge is -2.02. The summed E-state index contributed by atoms with van der Waals surface area (Å²) in [6.45, 7) is 1.76. The van der Waals surface area contributed by atoms with Crippen LogP contribution in [0, 0.1) is 5.82 Å². The Morgan fingerprint density at radius 1 is 1.47 bits per heavy atom. The van der Waals surface area contributed by atoms with Crippen molar-refractivity contribution in [2.75, 3.05) is 0 Å². The van der Waals surface area contributed by atoms with E-state index in [0.29, 0.717) is 6.42 Å². The van der Waals surface area contributed by atoms with Crippen molar-refractivity contribution < 1.29 is 9.50 Å². The Bertz CT molecular complexity index is 462. The van der Waals surface area contributed by atoms with E-state index in [4.69, 9.17) is 0 Å². The lowest BCUT2D eigenvalue weighted by atomic mass is 10.1. The fraction of sp³-hybridized carbons (Fsp3) is 0.333. The van der Waals surface area contributed by atoms with Crippen molar-refractivity contribution >= 4 is 10.9 Å². The second-order valence-electron chi connectivity index (χ2n) is 3.89. The number of hydrogen-bond donors (Lipinski definition) is 2. The van der Waals surface area contributed by atoms with Crippen LogP contribution >= 0.6 is 0 Å². The molecule has 0 amide bonds. The Morgan fingerprint density at radius 2 is 2.27 bits per heavy atom. The molecular weight excluding hydrogens is 193 g/mol. The smallest absolute Gasteiger partial charge is 0.123 e. The number of benzene rings is 1. The van der Waals surface area contributed by atoms with E-state index in [0.717, 1.165) is 22.9 Å². The van der Waals surface area contributed by atoms with Crippen LogP contribution in [0.15, 0.2) is 24.4 Å². The molecule has 3 heteroatoms. The molecule has 2 rings (SSSR count). The molecular formula is C12H14FNO. The van der Waals surface area contributed by atoms with Gasteiger partial charge in [-0.2, -0.15) is 0 Å². The van der Waals surface area contributed by atoms with Crippen LogP contribution in [0.1, 0.15) is 18.9 Å². The summed E-state index contributed by atoms with van der Waals surface area (Å²) < 4.78 is 13.0. The van der Waals surface area contributed by atoms with Gasteiger partial charge in [-0.1, -0.05) is 0 Å². The topological polar surface area (TPSA) is 36.0 Å². The largest absolute Gasteiger partial charge is 0.393 e. The first-order chi connectivity index (χ1) is 7.16. The molecule has 15 heavy (non-hydrogen) atoms. The lowest BCUT2D eigenvalue weighted by molar-refractivity contribution is 0.185. The average Bonchev–Trinajstić information content (AvgIpc) is 2.57. The molecule has 2 nitrogen and oxygen atoms in total. The molecule has 1 atom stereocenters. The number of nitrogens with one attached hydrogen (secondary N) is 1. The first-order valence-corrected chi connectivity index (χ1v) is 5.10. The van der Waals surface area contributed by atoms with Gasteiger partial charge >= 0.3 is 0 Å². The zero-order valence-corrected chi connectivity index (χ0v) is 8.63. The third kappa shape index (κ3) is 2.18. The maximum Gasteiger partial charge on any atom is 0.123 e. The van der Waals surface area contributed by atoms with Crippen LogP contribution in [0.25, 0.3) is 10.9 Å². The number of halogens is 1. The standard InChI is InChI=1S/C12H14FNO/c1-8(15)2-3-9-7-14-12-5-4-10(13)6-11(9)12/h4-8,14-15H,2-3H2,1H3/t8-/m1/s1. The summed E-state index contributed by atoms with van der Waals surface area (Å²) >= 11 is 0. The summed E-state index contributed by atoms with van der Waals surface area (Å²) in [5, 5.41) is 10.1. The highest BCUT2D eigenvalue weighted by molar-refractivity contribution is 5.83. The van der Waals surface area contributed by atoms with Crippen LogP contribution in [-0.4, -0.2) is 16.2 Å². The molecule has 1 aromatic carbocycles. The van der Waals surface area contributed by atoms with E-state index in [9.17, 15) is 9.50 Å². The number of fused-ring (bicyclic) bond motifs is 1. The molecule has 0 unspecified atom stereocenters. The molecule has 0 aliphatic rings. The molecule has 2 aromatic rings. The minimum Gasteiger partial charge on any atom is -0.393 e. The number of aromatic nitrogens is 1. The Kier molecular flexibility index (Phi) is 2.73. The zero-order chi connectivity index (χ0) is 10.8. The van der Waals surface area contributed by atoms with Crippen LogP contribution in [0.2, 0.25) is 0 Å². The van der Waals surface area contributed by atoms with Gasteiger partial charge in [-0.25, -0.2) is 4.39 Å². The predicted molar refractivity (Wildman–Crippen MR) is 58.3 cm³/mol. The van der Waals surface area contributed by atoms with Gasteiger partial charge < -0.3 is 10.1 Å². The van der Waals surface area contributed by atoms with Gasteiger partial charge in [-0.15, -0.1) is 0 Å². The average molecular weight is 207 g/mol. The predicted octanol–water partition coefficient (Wildman–Crippen LogP) is 2.62. The molecule has 0 aliphatic heterocycles. The van der Waals surface area contributed by atoms with Crippen molar-refractivity contribution in [2.24, 2.45) is 0 Å². The lowest BCUT2D eigenvalue weighted by Crippen LogP contribution is -2.00. The van der Waals surface area contributed by atoms with Gasteiger partial charge in [0, 0.05) is 17.1 Å². The van der Waals surface area contributed by atoms with Crippen LogP contribution < -0.4 is 0 Å². The number of H-pyrrole nitrogens is 1. The van der Waals surface area contributed by atoms with E-state index in [1.807, 2.05) is 6.20 Å². The van der Waals surface area contributed by atoms with Gasteiger partial charge in [0.15, 0.2) is 0 Å². The number of aliphatic hydroxyl groups excluding tert-OH is 1. The molecule has 1 aromatic heterocycles. The molecule has 0 saturated heterocycles. The Hall–Kier alpha value is -1.35. The number of aryl methyl sites for hydroxylation is 1. The van der Waals surface area contributed by atoms with Gasteiger partial charge in [-0.05, 0) is 43.5 Å². The molecule has 0 saturated carbocycles. The molecule has 0 bridgehead atoms. The SMILES string of the molecule is C[C@@H](O)CCc1c[nH]c2ccc(F)cc12. The van der Waals surface area contributed by atoms with Crippen LogP contribution in [0.4, 0.5) is 4.39 Å². The Morgan fingerprint density at radius 3 is 3.00 bits per heavy atom. The summed E-state index contributed by atoms with van der Waals surface area (Å²) in [5.41, 5.74) is 2.00. The van der Waals surface area contributed by atoms with Crippen LogP contribution in [0.5, 0.6) is 0 Å². The van der Waals surface area contributed by atoms with E-state index in [-0.39, 0.29) is 11.9 Å². The van der Waals surface area contributed by atoms with E-state index in [1.54, 1.807) is 13.0 Å². The Labute approximate surface area is 87.7 Å². The summed E-state index contributed by atoms with van der Waals surface area (Å²) in [4.78, 5) is 3.09.